The second-order valence-electron chi connectivity index (χ2n) is 9.98. The first-order valence-electron chi connectivity index (χ1n) is 14.2. The van der Waals surface area contributed by atoms with Crippen molar-refractivity contribution in [1.82, 2.24) is 31.5 Å². The molecule has 16 heteroatoms. The van der Waals surface area contributed by atoms with E-state index in [4.69, 9.17) is 0 Å². The summed E-state index contributed by atoms with van der Waals surface area (Å²) in [6.07, 6.45) is 2.19. The Hall–Kier alpha value is -3.93. The zero-order valence-electron chi connectivity index (χ0n) is 25.3. The van der Waals surface area contributed by atoms with Crippen molar-refractivity contribution in [2.24, 2.45) is 0 Å². The van der Waals surface area contributed by atoms with Crippen LogP contribution in [-0.2, 0) is 33.6 Å². The number of nitrogens with zero attached hydrogens (tertiary/aromatic N) is 2. The number of piperidine rings is 1. The van der Waals surface area contributed by atoms with E-state index in [9.17, 15) is 38.7 Å². The van der Waals surface area contributed by atoms with Gasteiger partial charge < -0.3 is 46.3 Å². The maximum atomic E-state index is 12.3. The standard InChI is InChI=1S/C28H41N7O8.Li/c1-20(36)35(21-6-3-2-4-7-21)22-10-13-34(14-11-22)15-12-29-23(37)8-5-9-24(38)30-16-25(39)31-17-26(40)32-18-27(41)33-19-28(42)43;/h2-4,6-7,22H,5,8-19H2,1H3,(H,29,37)(H,30,38)(H,31,39)(H,32,40)(H,33,41)(H,42,43);/q;+1/p-1. The number of carboxylic acid groups (broad SMARTS) is 1. The van der Waals surface area contributed by atoms with E-state index < -0.39 is 49.2 Å². The second-order valence-corrected chi connectivity index (χ2v) is 9.98. The van der Waals surface area contributed by atoms with E-state index in [1.807, 2.05) is 40.5 Å². The van der Waals surface area contributed by atoms with Gasteiger partial charge in [0, 0.05) is 57.7 Å². The van der Waals surface area contributed by atoms with Crippen LogP contribution in [0.5, 0.6) is 0 Å². The Bertz CT molecular complexity index is 1130. The van der Waals surface area contributed by atoms with Crippen molar-refractivity contribution < 1.29 is 57.5 Å². The first-order valence-corrected chi connectivity index (χ1v) is 14.2. The first-order chi connectivity index (χ1) is 20.5. The third-order valence-electron chi connectivity index (χ3n) is 6.62. The van der Waals surface area contributed by atoms with Gasteiger partial charge in [-0.3, -0.25) is 28.8 Å². The van der Waals surface area contributed by atoms with Gasteiger partial charge in [0.15, 0.2) is 0 Å². The molecule has 0 bridgehead atoms. The van der Waals surface area contributed by atoms with Crippen LogP contribution < -0.4 is 55.5 Å². The number of nitrogens with one attached hydrogen (secondary N) is 5. The zero-order valence-corrected chi connectivity index (χ0v) is 25.3. The van der Waals surface area contributed by atoms with Crippen molar-refractivity contribution >= 4 is 47.1 Å². The van der Waals surface area contributed by atoms with Crippen molar-refractivity contribution in [2.45, 2.75) is 45.1 Å². The number of amides is 6. The Morgan fingerprint density at radius 3 is 1.73 bits per heavy atom. The summed E-state index contributed by atoms with van der Waals surface area (Å²) in [4.78, 5) is 85.5. The molecule has 1 aromatic rings. The average molecular weight is 610 g/mol. The SMILES string of the molecule is CC(=O)N(c1ccccc1)C1CCN(CCNC(=O)CCCC(=O)NCC(=O)NCC(=O)NCC(=O)NCC(=O)[O-])CC1.[Li+]. The monoisotopic (exact) mass is 609 g/mol. The van der Waals surface area contributed by atoms with Crippen LogP contribution in [0, 0.1) is 0 Å². The third-order valence-corrected chi connectivity index (χ3v) is 6.62. The fourth-order valence-electron chi connectivity index (χ4n) is 4.47. The van der Waals surface area contributed by atoms with Crippen molar-refractivity contribution in [2.75, 3.05) is 57.3 Å². The van der Waals surface area contributed by atoms with Crippen molar-refractivity contribution in [3.8, 4) is 0 Å². The molecule has 15 nitrogen and oxygen atoms in total. The molecule has 5 N–H and O–H groups in total. The van der Waals surface area contributed by atoms with E-state index in [-0.39, 0.29) is 56.1 Å². The normalized spacial score (nSPS) is 13.0. The molecule has 0 saturated carbocycles. The Morgan fingerprint density at radius 2 is 1.23 bits per heavy atom. The maximum Gasteiger partial charge on any atom is 1.00 e. The minimum Gasteiger partial charge on any atom is -0.548 e. The molecule has 1 aliphatic rings. The molecule has 0 aliphatic carbocycles. The molecule has 0 atom stereocenters. The molecule has 1 aromatic carbocycles. The number of anilines is 1. The number of rotatable bonds is 17. The van der Waals surface area contributed by atoms with Gasteiger partial charge >= 0.3 is 18.9 Å². The van der Waals surface area contributed by atoms with Crippen LogP contribution in [0.4, 0.5) is 5.69 Å². The number of carbonyl (C=O) groups excluding carboxylic acids is 7. The summed E-state index contributed by atoms with van der Waals surface area (Å²) in [6, 6.07) is 9.77. The van der Waals surface area contributed by atoms with Crippen LogP contribution in [0.2, 0.25) is 0 Å². The predicted molar refractivity (Wildman–Crippen MR) is 153 cm³/mol. The Morgan fingerprint density at radius 1 is 0.750 bits per heavy atom. The van der Waals surface area contributed by atoms with Crippen molar-refractivity contribution in [3.63, 3.8) is 0 Å². The predicted octanol–water partition coefficient (Wildman–Crippen LogP) is -5.99. The molecule has 0 aromatic heterocycles. The topological polar surface area (TPSA) is 209 Å². The molecule has 2 rings (SSSR count). The van der Waals surface area contributed by atoms with E-state index in [0.29, 0.717) is 19.5 Å². The molecule has 1 fully saturated rings. The van der Waals surface area contributed by atoms with E-state index >= 15 is 0 Å². The quantitative estimate of drug-likeness (QED) is 0.106. The van der Waals surface area contributed by atoms with Crippen LogP contribution in [-0.4, -0.2) is 105 Å². The van der Waals surface area contributed by atoms with E-state index in [0.717, 1.165) is 31.6 Å². The Balaban J connectivity index is 0.00000968. The summed E-state index contributed by atoms with van der Waals surface area (Å²) in [5.74, 6) is -4.08. The molecular formula is C28H40LiN7O8. The third kappa shape index (κ3) is 15.5. The number of carboxylic acids is 1. The van der Waals surface area contributed by atoms with Crippen LogP contribution in [0.3, 0.4) is 0 Å². The van der Waals surface area contributed by atoms with Crippen LogP contribution >= 0.6 is 0 Å². The van der Waals surface area contributed by atoms with Crippen molar-refractivity contribution in [1.29, 1.82) is 0 Å². The summed E-state index contributed by atoms with van der Waals surface area (Å²) in [5.41, 5.74) is 0.901. The summed E-state index contributed by atoms with van der Waals surface area (Å²) in [7, 11) is 0. The summed E-state index contributed by atoms with van der Waals surface area (Å²) in [6.45, 7) is 2.42. The Labute approximate surface area is 268 Å². The molecular weight excluding hydrogens is 569 g/mol. The molecule has 1 saturated heterocycles. The minimum atomic E-state index is -1.47. The average Bonchev–Trinajstić information content (AvgIpc) is 2.98. The van der Waals surface area contributed by atoms with Gasteiger partial charge in [0.25, 0.3) is 0 Å². The second kappa shape index (κ2) is 20.9. The van der Waals surface area contributed by atoms with Crippen LogP contribution in [0.15, 0.2) is 30.3 Å². The number of benzene rings is 1. The van der Waals surface area contributed by atoms with E-state index in [1.54, 1.807) is 6.92 Å². The zero-order chi connectivity index (χ0) is 31.6. The number of carbonyl (C=O) groups is 7. The maximum absolute atomic E-state index is 12.3. The number of aliphatic carboxylic acids is 1. The minimum absolute atomic E-state index is 0. The summed E-state index contributed by atoms with van der Waals surface area (Å²) in [5, 5.41) is 22.0. The molecule has 1 heterocycles. The smallest absolute Gasteiger partial charge is 0.548 e. The number of para-hydroxylation sites is 1. The van der Waals surface area contributed by atoms with E-state index in [2.05, 4.69) is 26.2 Å². The number of likely N-dealkylation sites (tertiary alicyclic amines) is 1. The fourth-order valence-corrected chi connectivity index (χ4v) is 4.47. The van der Waals surface area contributed by atoms with Crippen LogP contribution in [0.1, 0.15) is 39.0 Å². The molecule has 44 heavy (non-hydrogen) atoms. The van der Waals surface area contributed by atoms with Gasteiger partial charge in [-0.2, -0.15) is 0 Å². The largest absolute Gasteiger partial charge is 1.00 e. The number of hydrogen-bond donors (Lipinski definition) is 5. The van der Waals surface area contributed by atoms with Gasteiger partial charge in [-0.15, -0.1) is 0 Å². The van der Waals surface area contributed by atoms with Gasteiger partial charge in [0.1, 0.15) is 0 Å². The van der Waals surface area contributed by atoms with Gasteiger partial charge in [-0.1, -0.05) is 18.2 Å². The van der Waals surface area contributed by atoms with Crippen molar-refractivity contribution in [3.05, 3.63) is 30.3 Å². The molecule has 1 aliphatic heterocycles. The van der Waals surface area contributed by atoms with Gasteiger partial charge in [0.05, 0.1) is 32.1 Å². The molecule has 0 radical (unpaired) electrons. The molecule has 0 spiro atoms. The Kier molecular flexibility index (Phi) is 18.1. The molecule has 6 amide bonds. The molecule has 236 valence electrons. The fraction of sp³-hybridized carbons (Fsp3) is 0.536. The van der Waals surface area contributed by atoms with Gasteiger partial charge in [-0.05, 0) is 31.4 Å². The first kappa shape index (κ1) is 38.1. The van der Waals surface area contributed by atoms with Crippen LogP contribution in [0.25, 0.3) is 0 Å². The van der Waals surface area contributed by atoms with Gasteiger partial charge in [0.2, 0.25) is 35.4 Å². The number of hydrogen-bond acceptors (Lipinski definition) is 9. The summed E-state index contributed by atoms with van der Waals surface area (Å²) < 4.78 is 0. The van der Waals surface area contributed by atoms with Gasteiger partial charge in [-0.25, -0.2) is 0 Å². The summed E-state index contributed by atoms with van der Waals surface area (Å²) >= 11 is 0. The van der Waals surface area contributed by atoms with E-state index in [1.165, 1.54) is 0 Å². The molecule has 0 unspecified atom stereocenters.